The Morgan fingerprint density at radius 1 is 1.18 bits per heavy atom. The molecule has 0 saturated carbocycles. The summed E-state index contributed by atoms with van der Waals surface area (Å²) in [5.74, 6) is 0. The number of hydrogen-bond donors (Lipinski definition) is 0. The summed E-state index contributed by atoms with van der Waals surface area (Å²) in [6.45, 7) is 0.764. The van der Waals surface area contributed by atoms with Crippen LogP contribution in [0, 0.1) is 0 Å². The molecule has 0 aliphatic heterocycles. The third-order valence-electron chi connectivity index (χ3n) is 1.27. The molecule has 0 atom stereocenters. The molecule has 0 heterocycles. The van der Waals surface area contributed by atoms with Crippen LogP contribution in [0.15, 0.2) is 30.3 Å². The Kier molecular flexibility index (Phi) is 4.81. The van der Waals surface area contributed by atoms with E-state index in [9.17, 15) is 0 Å². The zero-order valence-electron chi connectivity index (χ0n) is 5.85. The van der Waals surface area contributed by atoms with Crippen LogP contribution < -0.4 is 0 Å². The summed E-state index contributed by atoms with van der Waals surface area (Å²) >= 11 is -1.60. The molecule has 0 amide bonds. The summed E-state index contributed by atoms with van der Waals surface area (Å²) in [7, 11) is 11.5. The van der Waals surface area contributed by atoms with E-state index in [1.54, 1.807) is 0 Å². The van der Waals surface area contributed by atoms with Gasteiger partial charge in [0.25, 0.3) is 0 Å². The molecule has 0 nitrogen and oxygen atoms in total. The molecule has 0 saturated heterocycles. The van der Waals surface area contributed by atoms with Gasteiger partial charge in [0.1, 0.15) is 0 Å². The fourth-order valence-electron chi connectivity index (χ4n) is 0.765. The summed E-state index contributed by atoms with van der Waals surface area (Å²) in [5, 5.41) is 0. The molecule has 0 spiro atoms. The van der Waals surface area contributed by atoms with Crippen molar-refractivity contribution in [2.75, 3.05) is 0 Å². The predicted octanol–water partition coefficient (Wildman–Crippen LogP) is 2.73. The fraction of sp³-hybridized carbons (Fsp3) is 0.143. The van der Waals surface area contributed by atoms with Crippen molar-refractivity contribution in [3.63, 3.8) is 0 Å². The monoisotopic (exact) mass is 237 g/mol. The predicted molar refractivity (Wildman–Crippen MR) is 47.6 cm³/mol. The summed E-state index contributed by atoms with van der Waals surface area (Å²) < 4.78 is 0. The van der Waals surface area contributed by atoms with Crippen LogP contribution in [0.2, 0.25) is 0 Å². The van der Waals surface area contributed by atoms with Gasteiger partial charge in [0.05, 0.1) is 0 Å². The van der Waals surface area contributed by atoms with E-state index in [0.717, 1.165) is 13.0 Å². The van der Waals surface area contributed by atoms with E-state index in [-0.39, 0.29) is 0 Å². The summed E-state index contributed by atoms with van der Waals surface area (Å²) in [6, 6.07) is 11.4. The first-order valence-corrected chi connectivity index (χ1v) is 11.1. The molecule has 4 heteroatoms. The topological polar surface area (TPSA) is 0 Å². The van der Waals surface area contributed by atoms with Gasteiger partial charge in [0.2, 0.25) is 0 Å². The zero-order chi connectivity index (χ0) is 8.10. The van der Waals surface area contributed by atoms with Crippen LogP contribution in [-0.2, 0) is 20.5 Å². The van der Waals surface area contributed by atoms with Gasteiger partial charge in [-0.1, -0.05) is 0 Å². The maximum absolute atomic E-state index is 5.77. The third-order valence-corrected chi connectivity index (χ3v) is 7.51. The number of rotatable bonds is 2. The van der Waals surface area contributed by atoms with E-state index in [1.807, 2.05) is 18.2 Å². The molecule has 0 aliphatic carbocycles. The van der Waals surface area contributed by atoms with Crippen molar-refractivity contribution in [2.45, 2.75) is 6.04 Å². The molecule has 0 aliphatic rings. The molecule has 1 aromatic carbocycles. The van der Waals surface area contributed by atoms with Crippen molar-refractivity contribution in [3.05, 3.63) is 35.9 Å². The van der Waals surface area contributed by atoms with Gasteiger partial charge >= 0.3 is 81.9 Å². The van der Waals surface area contributed by atoms with Gasteiger partial charge in [-0.05, 0) is 0 Å². The first-order valence-electron chi connectivity index (χ1n) is 3.25. The average molecular weight is 238 g/mol. The minimum atomic E-state index is -1.60. The van der Waals surface area contributed by atoms with Crippen LogP contribution >= 0.6 is 18.6 Å². The Balaban J connectivity index is 2.59. The first-order chi connectivity index (χ1) is 5.29. The Labute approximate surface area is 81.5 Å². The quantitative estimate of drug-likeness (QED) is 0.695. The molecule has 11 heavy (non-hydrogen) atoms. The second-order valence-electron chi connectivity index (χ2n) is 2.10. The summed E-state index contributed by atoms with van der Waals surface area (Å²) in [4.78, 5) is 0. The molecule has 57 valence electrons. The Morgan fingerprint density at radius 2 is 1.82 bits per heavy atom. The van der Waals surface area contributed by atoms with Crippen molar-refractivity contribution >= 4 is 25.5 Å². The second-order valence-corrected chi connectivity index (χ2v) is 13.9. The van der Waals surface area contributed by atoms with Crippen LogP contribution in [0.5, 0.6) is 0 Å². The molecule has 1 rings (SSSR count). The van der Waals surface area contributed by atoms with Crippen molar-refractivity contribution in [1.29, 1.82) is 0 Å². The van der Waals surface area contributed by atoms with Crippen molar-refractivity contribution in [3.8, 4) is 0 Å². The first kappa shape index (κ1) is 9.82. The van der Waals surface area contributed by atoms with Crippen LogP contribution in [0.1, 0.15) is 5.56 Å². The molecule has 1 radical (unpaired) electrons. The number of hydrogen-bond acceptors (Lipinski definition) is 0. The summed E-state index contributed by atoms with van der Waals surface area (Å²) in [5.41, 5.74) is 1.34. The Bertz CT molecular complexity index is 244. The van der Waals surface area contributed by atoms with Gasteiger partial charge in [-0.15, -0.1) is 0 Å². The average Bonchev–Trinajstić information content (AvgIpc) is 2.03. The van der Waals surface area contributed by atoms with E-state index >= 15 is 0 Å². The maximum atomic E-state index is 5.77. The Hall–Kier alpha value is 0.731. The van der Waals surface area contributed by atoms with Gasteiger partial charge < -0.3 is 0 Å². The fourth-order valence-corrected chi connectivity index (χ4v) is 4.57. The minimum absolute atomic E-state index is 0.764. The molecular formula is C7H7Cl2SiTi. The number of benzene rings is 1. The van der Waals surface area contributed by atoms with Gasteiger partial charge in [0, 0.05) is 0 Å². The van der Waals surface area contributed by atoms with Gasteiger partial charge in [-0.25, -0.2) is 0 Å². The van der Waals surface area contributed by atoms with Crippen LogP contribution in [0.25, 0.3) is 0 Å². The van der Waals surface area contributed by atoms with Gasteiger partial charge in [0.15, 0.2) is 0 Å². The molecule has 0 bridgehead atoms. The van der Waals surface area contributed by atoms with E-state index in [0.29, 0.717) is 0 Å². The van der Waals surface area contributed by atoms with Crippen LogP contribution in [0.3, 0.4) is 0 Å². The number of halogens is 2. The van der Waals surface area contributed by atoms with Crippen LogP contribution in [-0.4, -0.2) is 6.91 Å². The molecule has 1 aromatic rings. The molecule has 0 N–H and O–H groups in total. The van der Waals surface area contributed by atoms with E-state index in [1.165, 1.54) is 5.56 Å². The molecule has 0 aromatic heterocycles. The van der Waals surface area contributed by atoms with Crippen molar-refractivity contribution in [1.82, 2.24) is 0 Å². The van der Waals surface area contributed by atoms with E-state index in [4.69, 9.17) is 18.6 Å². The van der Waals surface area contributed by atoms with Gasteiger partial charge in [-0.3, -0.25) is 0 Å². The van der Waals surface area contributed by atoms with Gasteiger partial charge in [-0.2, -0.15) is 0 Å². The summed E-state index contributed by atoms with van der Waals surface area (Å²) in [6.07, 6.45) is 0. The zero-order valence-corrected chi connectivity index (χ0v) is 9.92. The van der Waals surface area contributed by atoms with Crippen molar-refractivity contribution in [2.24, 2.45) is 0 Å². The van der Waals surface area contributed by atoms with Crippen molar-refractivity contribution < 1.29 is 14.5 Å². The third kappa shape index (κ3) is 4.34. The van der Waals surface area contributed by atoms with E-state index in [2.05, 4.69) is 12.1 Å². The molecular weight excluding hydrogens is 231 g/mol. The van der Waals surface area contributed by atoms with E-state index < -0.39 is 14.5 Å². The molecule has 0 fully saturated rings. The Morgan fingerprint density at radius 3 is 2.36 bits per heavy atom. The SMILES string of the molecule is [Cl][Ti]([Cl])=[Si]Cc1ccccc1. The molecule has 0 unspecified atom stereocenters. The normalized spacial score (nSPS) is 9.27. The second kappa shape index (κ2) is 5.39. The standard InChI is InChI=1S/C7H7Si.2ClH.Ti/c8-6-7-4-2-1-3-5-7;;;/h1-5H,6H2;2*1H;/q;;;+2/p-2. The van der Waals surface area contributed by atoms with Crippen LogP contribution in [0.4, 0.5) is 0 Å².